The Morgan fingerprint density at radius 2 is 2.14 bits per heavy atom. The van der Waals surface area contributed by atoms with E-state index < -0.39 is 0 Å². The lowest BCUT2D eigenvalue weighted by Gasteiger charge is -2.36. The zero-order valence-corrected chi connectivity index (χ0v) is 13.4. The summed E-state index contributed by atoms with van der Waals surface area (Å²) in [4.78, 5) is 4.74. The van der Waals surface area contributed by atoms with Gasteiger partial charge in [-0.25, -0.2) is 4.39 Å². The van der Waals surface area contributed by atoms with Crippen molar-refractivity contribution >= 4 is 0 Å². The number of piperidine rings is 1. The molecule has 0 radical (unpaired) electrons. The van der Waals surface area contributed by atoms with E-state index in [1.54, 1.807) is 12.1 Å². The van der Waals surface area contributed by atoms with Crippen molar-refractivity contribution < 1.29 is 9.13 Å². The lowest BCUT2D eigenvalue weighted by molar-refractivity contribution is 0.124. The Morgan fingerprint density at radius 1 is 1.33 bits per heavy atom. The summed E-state index contributed by atoms with van der Waals surface area (Å²) in [6.45, 7) is 3.06. The lowest BCUT2D eigenvalue weighted by Crippen LogP contribution is -2.40. The number of hydrogen-bond acceptors (Lipinski definition) is 3. The van der Waals surface area contributed by atoms with E-state index in [0.717, 1.165) is 25.2 Å². The number of likely N-dealkylation sites (tertiary alicyclic amines) is 1. The van der Waals surface area contributed by atoms with Crippen LogP contribution in [0.15, 0.2) is 18.2 Å². The Bertz CT molecular complexity index is 450. The molecular formula is C17H27FN2O. The van der Waals surface area contributed by atoms with Crippen molar-refractivity contribution in [3.05, 3.63) is 29.6 Å². The highest BCUT2D eigenvalue weighted by Gasteiger charge is 2.22. The minimum Gasteiger partial charge on any atom is -0.494 e. The van der Waals surface area contributed by atoms with Crippen molar-refractivity contribution in [3.8, 4) is 5.75 Å². The van der Waals surface area contributed by atoms with E-state index in [2.05, 4.69) is 23.9 Å². The zero-order valence-electron chi connectivity index (χ0n) is 13.4. The van der Waals surface area contributed by atoms with Gasteiger partial charge in [0, 0.05) is 12.6 Å². The molecule has 4 heteroatoms. The maximum atomic E-state index is 13.8. The van der Waals surface area contributed by atoms with Gasteiger partial charge in [0.05, 0.1) is 7.11 Å². The normalized spacial score (nSPS) is 20.0. The lowest BCUT2D eigenvalue weighted by atomic mass is 9.98. The first kappa shape index (κ1) is 16.2. The minimum absolute atomic E-state index is 0.267. The predicted octanol–water partition coefficient (Wildman–Crippen LogP) is 3.14. The molecule has 1 unspecified atom stereocenters. The Hall–Kier alpha value is -1.13. The van der Waals surface area contributed by atoms with Gasteiger partial charge in [0.2, 0.25) is 0 Å². The Labute approximate surface area is 127 Å². The van der Waals surface area contributed by atoms with Crippen molar-refractivity contribution in [2.75, 3.05) is 34.3 Å². The van der Waals surface area contributed by atoms with E-state index in [0.29, 0.717) is 11.8 Å². The fourth-order valence-corrected chi connectivity index (χ4v) is 3.05. The van der Waals surface area contributed by atoms with Crippen molar-refractivity contribution in [3.63, 3.8) is 0 Å². The summed E-state index contributed by atoms with van der Waals surface area (Å²) in [5, 5.41) is 0. The molecule has 0 amide bonds. The first-order valence-electron chi connectivity index (χ1n) is 7.81. The quantitative estimate of drug-likeness (QED) is 0.801. The molecule has 1 aliphatic rings. The maximum absolute atomic E-state index is 13.8. The maximum Gasteiger partial charge on any atom is 0.165 e. The second-order valence-corrected chi connectivity index (χ2v) is 6.18. The van der Waals surface area contributed by atoms with Gasteiger partial charge in [-0.2, -0.15) is 0 Å². The second kappa shape index (κ2) is 7.76. The molecule has 1 aromatic carbocycles. The molecule has 2 rings (SSSR count). The second-order valence-electron chi connectivity index (χ2n) is 6.18. The van der Waals surface area contributed by atoms with Crippen molar-refractivity contribution in [2.45, 2.75) is 38.3 Å². The predicted molar refractivity (Wildman–Crippen MR) is 84.2 cm³/mol. The van der Waals surface area contributed by atoms with Gasteiger partial charge in [-0.1, -0.05) is 12.5 Å². The van der Waals surface area contributed by atoms with Crippen LogP contribution in [0.5, 0.6) is 5.75 Å². The monoisotopic (exact) mass is 294 g/mol. The molecule has 118 valence electrons. The summed E-state index contributed by atoms with van der Waals surface area (Å²) >= 11 is 0. The summed E-state index contributed by atoms with van der Waals surface area (Å²) in [5.41, 5.74) is 1.03. The number of rotatable bonds is 6. The fraction of sp³-hybridized carbons (Fsp3) is 0.647. The van der Waals surface area contributed by atoms with Crippen LogP contribution >= 0.6 is 0 Å². The van der Waals surface area contributed by atoms with Crippen molar-refractivity contribution in [1.82, 2.24) is 9.80 Å². The van der Waals surface area contributed by atoms with Crippen LogP contribution in [-0.4, -0.2) is 50.1 Å². The summed E-state index contributed by atoms with van der Waals surface area (Å²) in [6.07, 6.45) is 5.00. The van der Waals surface area contributed by atoms with E-state index in [4.69, 9.17) is 4.74 Å². The summed E-state index contributed by atoms with van der Waals surface area (Å²) in [6, 6.07) is 5.92. The van der Waals surface area contributed by atoms with E-state index >= 15 is 0 Å². The number of benzene rings is 1. The molecular weight excluding hydrogens is 267 g/mol. The molecule has 0 saturated carbocycles. The molecule has 1 saturated heterocycles. The highest BCUT2D eigenvalue weighted by atomic mass is 19.1. The molecule has 0 aromatic heterocycles. The van der Waals surface area contributed by atoms with Crippen LogP contribution in [0.4, 0.5) is 4.39 Å². The molecule has 1 aromatic rings. The average molecular weight is 294 g/mol. The molecule has 1 heterocycles. The van der Waals surface area contributed by atoms with Gasteiger partial charge in [0.15, 0.2) is 11.6 Å². The van der Waals surface area contributed by atoms with Crippen LogP contribution in [0.1, 0.15) is 31.2 Å². The van der Waals surface area contributed by atoms with Gasteiger partial charge in [-0.05, 0) is 64.1 Å². The van der Waals surface area contributed by atoms with Gasteiger partial charge in [0.25, 0.3) is 0 Å². The Kier molecular flexibility index (Phi) is 6.00. The molecule has 1 aliphatic heterocycles. The first-order valence-corrected chi connectivity index (χ1v) is 7.81. The van der Waals surface area contributed by atoms with Crippen LogP contribution in [-0.2, 0) is 6.54 Å². The number of ether oxygens (including phenoxy) is 1. The summed E-state index contributed by atoms with van der Waals surface area (Å²) in [7, 11) is 5.73. The van der Waals surface area contributed by atoms with E-state index in [1.807, 2.05) is 6.07 Å². The number of halogens is 1. The summed E-state index contributed by atoms with van der Waals surface area (Å²) < 4.78 is 18.8. The minimum atomic E-state index is -0.267. The first-order chi connectivity index (χ1) is 10.1. The molecule has 0 bridgehead atoms. The molecule has 1 fully saturated rings. The number of hydrogen-bond donors (Lipinski definition) is 0. The third-order valence-electron chi connectivity index (χ3n) is 4.26. The Balaban J connectivity index is 1.99. The third kappa shape index (κ3) is 4.68. The third-order valence-corrected chi connectivity index (χ3v) is 4.26. The van der Waals surface area contributed by atoms with E-state index in [-0.39, 0.29) is 5.82 Å². The molecule has 0 N–H and O–H groups in total. The summed E-state index contributed by atoms with van der Waals surface area (Å²) in [5.74, 6) is 0.0541. The molecule has 1 atom stereocenters. The van der Waals surface area contributed by atoms with E-state index in [9.17, 15) is 4.39 Å². The highest BCUT2D eigenvalue weighted by Crippen LogP contribution is 2.24. The van der Waals surface area contributed by atoms with Gasteiger partial charge in [-0.3, -0.25) is 4.90 Å². The van der Waals surface area contributed by atoms with Crippen molar-refractivity contribution in [2.24, 2.45) is 0 Å². The van der Waals surface area contributed by atoms with Gasteiger partial charge in [-0.15, -0.1) is 0 Å². The van der Waals surface area contributed by atoms with Gasteiger partial charge >= 0.3 is 0 Å². The molecule has 0 aliphatic carbocycles. The topological polar surface area (TPSA) is 15.7 Å². The van der Waals surface area contributed by atoms with Gasteiger partial charge < -0.3 is 9.64 Å². The number of methoxy groups -OCH3 is 1. The SMILES string of the molecule is COc1ccc(CN2CCCCC2CCN(C)C)cc1F. The van der Waals surface area contributed by atoms with Crippen LogP contribution in [0, 0.1) is 5.82 Å². The fourth-order valence-electron chi connectivity index (χ4n) is 3.05. The van der Waals surface area contributed by atoms with Crippen LogP contribution in [0.25, 0.3) is 0 Å². The van der Waals surface area contributed by atoms with Crippen LogP contribution < -0.4 is 4.74 Å². The highest BCUT2D eigenvalue weighted by molar-refractivity contribution is 5.29. The zero-order chi connectivity index (χ0) is 15.2. The van der Waals surface area contributed by atoms with Crippen LogP contribution in [0.3, 0.4) is 0 Å². The smallest absolute Gasteiger partial charge is 0.165 e. The molecule has 3 nitrogen and oxygen atoms in total. The average Bonchev–Trinajstić information content (AvgIpc) is 2.46. The van der Waals surface area contributed by atoms with Crippen molar-refractivity contribution in [1.29, 1.82) is 0 Å². The molecule has 21 heavy (non-hydrogen) atoms. The number of nitrogens with zero attached hydrogens (tertiary/aromatic N) is 2. The Morgan fingerprint density at radius 3 is 2.81 bits per heavy atom. The van der Waals surface area contributed by atoms with E-state index in [1.165, 1.54) is 32.8 Å². The standard InChI is InChI=1S/C17H27FN2O/c1-19(2)11-9-15-6-4-5-10-20(15)13-14-7-8-17(21-3)16(18)12-14/h7-8,12,15H,4-6,9-11,13H2,1-3H3. The van der Waals surface area contributed by atoms with Crippen LogP contribution in [0.2, 0.25) is 0 Å². The largest absolute Gasteiger partial charge is 0.494 e. The molecule has 0 spiro atoms. The van der Waals surface area contributed by atoms with Gasteiger partial charge in [0.1, 0.15) is 0 Å².